The minimum atomic E-state index is -0.823. The van der Waals surface area contributed by atoms with Gasteiger partial charge >= 0.3 is 11.9 Å². The first-order valence-electron chi connectivity index (χ1n) is 5.77. The third kappa shape index (κ3) is 2.19. The molecule has 4 atom stereocenters. The second kappa shape index (κ2) is 4.41. The Balaban J connectivity index is 1.98. The number of aliphatic carboxylic acids is 2. The van der Waals surface area contributed by atoms with Crippen LogP contribution in [-0.4, -0.2) is 34.7 Å². The normalized spacial score (nSPS) is 38.8. The molecule has 0 aromatic rings. The molecule has 16 heavy (non-hydrogen) atoms. The van der Waals surface area contributed by atoms with Gasteiger partial charge in [0.25, 0.3) is 0 Å². The van der Waals surface area contributed by atoms with Crippen molar-refractivity contribution < 1.29 is 19.8 Å². The van der Waals surface area contributed by atoms with Crippen LogP contribution < -0.4 is 5.32 Å². The molecule has 0 spiro atoms. The van der Waals surface area contributed by atoms with Crippen LogP contribution in [0.4, 0.5) is 0 Å². The van der Waals surface area contributed by atoms with Crippen molar-refractivity contribution in [2.45, 2.75) is 31.7 Å². The summed E-state index contributed by atoms with van der Waals surface area (Å²) in [6, 6.07) is -0.492. The van der Waals surface area contributed by atoms with Gasteiger partial charge < -0.3 is 15.5 Å². The summed E-state index contributed by atoms with van der Waals surface area (Å²) in [4.78, 5) is 21.8. The van der Waals surface area contributed by atoms with E-state index in [0.717, 1.165) is 12.8 Å². The molecule has 0 amide bonds. The Bertz CT molecular complexity index is 276. The fourth-order valence-electron chi connectivity index (χ4n) is 2.98. The molecule has 1 saturated heterocycles. The Kier molecular flexibility index (Phi) is 3.14. The molecule has 3 N–H and O–H groups in total. The fourth-order valence-corrected chi connectivity index (χ4v) is 2.98. The van der Waals surface area contributed by atoms with Gasteiger partial charge in [0.05, 0.1) is 5.92 Å². The molecule has 5 nitrogen and oxygen atoms in total. The van der Waals surface area contributed by atoms with Crippen LogP contribution in [0.15, 0.2) is 0 Å². The van der Waals surface area contributed by atoms with E-state index in [1.807, 2.05) is 0 Å². The Labute approximate surface area is 93.8 Å². The lowest BCUT2D eigenvalue weighted by molar-refractivity contribution is -0.144. The maximum Gasteiger partial charge on any atom is 0.320 e. The third-order valence-electron chi connectivity index (χ3n) is 3.95. The molecular weight excluding hydrogens is 210 g/mol. The number of nitrogens with one attached hydrogen (secondary N) is 1. The quantitative estimate of drug-likeness (QED) is 0.641. The van der Waals surface area contributed by atoms with Crippen LogP contribution in [0.1, 0.15) is 25.7 Å². The average Bonchev–Trinajstić information content (AvgIpc) is 2.27. The molecule has 2 rings (SSSR count). The molecule has 2 fully saturated rings. The zero-order valence-corrected chi connectivity index (χ0v) is 9.06. The average molecular weight is 227 g/mol. The first-order valence-corrected chi connectivity index (χ1v) is 5.77. The van der Waals surface area contributed by atoms with Gasteiger partial charge in [0.2, 0.25) is 0 Å². The van der Waals surface area contributed by atoms with E-state index in [2.05, 4.69) is 5.32 Å². The van der Waals surface area contributed by atoms with Crippen LogP contribution in [0.2, 0.25) is 0 Å². The summed E-state index contributed by atoms with van der Waals surface area (Å²) in [6.07, 6.45) is 2.85. The van der Waals surface area contributed by atoms with Crippen LogP contribution in [0.3, 0.4) is 0 Å². The predicted molar refractivity (Wildman–Crippen MR) is 56.0 cm³/mol. The number of carboxylic acids is 2. The van der Waals surface area contributed by atoms with E-state index in [1.165, 1.54) is 0 Å². The van der Waals surface area contributed by atoms with Crippen LogP contribution in [0.5, 0.6) is 0 Å². The number of hydrogen-bond acceptors (Lipinski definition) is 3. The molecule has 0 aromatic heterocycles. The largest absolute Gasteiger partial charge is 0.481 e. The van der Waals surface area contributed by atoms with Gasteiger partial charge in [0, 0.05) is 0 Å². The Hall–Kier alpha value is -1.10. The topological polar surface area (TPSA) is 86.6 Å². The minimum absolute atomic E-state index is 0.261. The van der Waals surface area contributed by atoms with Crippen molar-refractivity contribution in [3.8, 4) is 0 Å². The van der Waals surface area contributed by atoms with Crippen molar-refractivity contribution in [2.24, 2.45) is 17.8 Å². The van der Waals surface area contributed by atoms with Crippen molar-refractivity contribution in [3.63, 3.8) is 0 Å². The van der Waals surface area contributed by atoms with E-state index in [4.69, 9.17) is 10.2 Å². The van der Waals surface area contributed by atoms with Gasteiger partial charge in [0.15, 0.2) is 0 Å². The zero-order chi connectivity index (χ0) is 11.7. The van der Waals surface area contributed by atoms with Gasteiger partial charge in [-0.05, 0) is 44.1 Å². The predicted octanol–water partition coefficient (Wildman–Crippen LogP) is 0.550. The number of carbonyl (C=O) groups is 2. The van der Waals surface area contributed by atoms with Crippen molar-refractivity contribution in [2.75, 3.05) is 6.54 Å². The Morgan fingerprint density at radius 3 is 2.38 bits per heavy atom. The van der Waals surface area contributed by atoms with E-state index in [0.29, 0.717) is 25.3 Å². The molecule has 1 aliphatic heterocycles. The lowest BCUT2D eigenvalue weighted by Gasteiger charge is -2.40. The van der Waals surface area contributed by atoms with Crippen LogP contribution in [0.25, 0.3) is 0 Å². The third-order valence-corrected chi connectivity index (χ3v) is 3.95. The molecule has 1 aliphatic carbocycles. The standard InChI is InChI=1S/C11H17NO4/c13-10(14)6-1-2-7-5-12-9(11(15)16)4-8(7)3-6/h6-9,12H,1-5H2,(H,13,14)(H,15,16). The fraction of sp³-hybridized carbons (Fsp3) is 0.818. The van der Waals surface area contributed by atoms with Gasteiger partial charge in [-0.2, -0.15) is 0 Å². The Morgan fingerprint density at radius 2 is 1.75 bits per heavy atom. The van der Waals surface area contributed by atoms with Crippen molar-refractivity contribution in [3.05, 3.63) is 0 Å². The molecule has 0 aromatic carbocycles. The highest BCUT2D eigenvalue weighted by atomic mass is 16.4. The van der Waals surface area contributed by atoms with Crippen LogP contribution in [-0.2, 0) is 9.59 Å². The number of piperidine rings is 1. The SMILES string of the molecule is O=C(O)C1CCC2CNC(C(=O)O)CC2C1. The summed E-state index contributed by atoms with van der Waals surface area (Å²) in [6.45, 7) is 0.716. The number of rotatable bonds is 2. The van der Waals surface area contributed by atoms with E-state index < -0.39 is 18.0 Å². The minimum Gasteiger partial charge on any atom is -0.481 e. The monoisotopic (exact) mass is 227 g/mol. The molecule has 0 radical (unpaired) electrons. The van der Waals surface area contributed by atoms with E-state index in [9.17, 15) is 9.59 Å². The molecule has 4 unspecified atom stereocenters. The molecule has 5 heteroatoms. The van der Waals surface area contributed by atoms with E-state index in [1.54, 1.807) is 0 Å². The molecule has 1 saturated carbocycles. The van der Waals surface area contributed by atoms with Crippen molar-refractivity contribution in [1.29, 1.82) is 0 Å². The zero-order valence-electron chi connectivity index (χ0n) is 9.06. The van der Waals surface area contributed by atoms with Gasteiger partial charge in [0.1, 0.15) is 6.04 Å². The summed E-state index contributed by atoms with van der Waals surface area (Å²) >= 11 is 0. The summed E-state index contributed by atoms with van der Waals surface area (Å²) in [5.74, 6) is -1.10. The highest BCUT2D eigenvalue weighted by molar-refractivity contribution is 5.73. The molecular formula is C11H17NO4. The maximum absolute atomic E-state index is 10.9. The number of fused-ring (bicyclic) bond motifs is 1. The second-order valence-electron chi connectivity index (χ2n) is 4.90. The molecule has 90 valence electrons. The number of carboxylic acid groups (broad SMARTS) is 2. The summed E-state index contributed by atoms with van der Waals surface area (Å²) in [5.41, 5.74) is 0. The number of hydrogen-bond donors (Lipinski definition) is 3. The van der Waals surface area contributed by atoms with E-state index in [-0.39, 0.29) is 11.8 Å². The van der Waals surface area contributed by atoms with Gasteiger partial charge in [-0.1, -0.05) is 0 Å². The molecule has 0 bridgehead atoms. The van der Waals surface area contributed by atoms with Crippen LogP contribution in [0, 0.1) is 17.8 Å². The summed E-state index contributed by atoms with van der Waals surface area (Å²) in [5, 5.41) is 20.9. The van der Waals surface area contributed by atoms with Gasteiger partial charge in [-0.3, -0.25) is 9.59 Å². The summed E-state index contributed by atoms with van der Waals surface area (Å²) in [7, 11) is 0. The Morgan fingerprint density at radius 1 is 1.00 bits per heavy atom. The van der Waals surface area contributed by atoms with Gasteiger partial charge in [-0.25, -0.2) is 0 Å². The maximum atomic E-state index is 10.9. The smallest absolute Gasteiger partial charge is 0.320 e. The van der Waals surface area contributed by atoms with Crippen molar-refractivity contribution in [1.82, 2.24) is 5.32 Å². The molecule has 1 heterocycles. The molecule has 2 aliphatic rings. The lowest BCUT2D eigenvalue weighted by atomic mass is 9.70. The van der Waals surface area contributed by atoms with Gasteiger partial charge in [-0.15, -0.1) is 0 Å². The van der Waals surface area contributed by atoms with Crippen molar-refractivity contribution >= 4 is 11.9 Å². The first kappa shape index (κ1) is 11.4. The lowest BCUT2D eigenvalue weighted by Crippen LogP contribution is -2.50. The summed E-state index contributed by atoms with van der Waals surface area (Å²) < 4.78 is 0. The highest BCUT2D eigenvalue weighted by Crippen LogP contribution is 2.38. The van der Waals surface area contributed by atoms with E-state index >= 15 is 0 Å². The highest BCUT2D eigenvalue weighted by Gasteiger charge is 2.39. The first-order chi connectivity index (χ1) is 7.58. The van der Waals surface area contributed by atoms with Crippen LogP contribution >= 0.6 is 0 Å². The second-order valence-corrected chi connectivity index (χ2v) is 4.90.